The van der Waals surface area contributed by atoms with Crippen molar-refractivity contribution in [1.29, 1.82) is 0 Å². The number of rotatable bonds is 4. The van der Waals surface area contributed by atoms with Gasteiger partial charge < -0.3 is 8.37 Å². The van der Waals surface area contributed by atoms with Crippen molar-refractivity contribution in [3.05, 3.63) is 70.8 Å². The van der Waals surface area contributed by atoms with Crippen molar-refractivity contribution in [3.63, 3.8) is 0 Å². The first-order valence-corrected chi connectivity index (χ1v) is 7.46. The Morgan fingerprint density at radius 2 is 1.05 bits per heavy atom. The number of benzene rings is 2. The topological polar surface area (TPSA) is 69.7 Å². The Bertz CT molecular complexity index is 643. The molecule has 0 heterocycles. The van der Waals surface area contributed by atoms with Gasteiger partial charge in [0, 0.05) is 0 Å². The Morgan fingerprint density at radius 1 is 0.727 bits per heavy atom. The van der Waals surface area contributed by atoms with E-state index in [-0.39, 0.29) is 11.1 Å². The van der Waals surface area contributed by atoms with Gasteiger partial charge in [0.05, 0.1) is 11.1 Å². The summed E-state index contributed by atoms with van der Waals surface area (Å²) in [6, 6.07) is 13.0. The van der Waals surface area contributed by atoms with Gasteiger partial charge in [-0.05, 0) is 38.1 Å². The highest BCUT2D eigenvalue weighted by atomic mass is 32.2. The third-order valence-corrected chi connectivity index (χ3v) is 3.44. The van der Waals surface area contributed by atoms with Crippen LogP contribution in [-0.2, 0) is 19.7 Å². The molecule has 114 valence electrons. The van der Waals surface area contributed by atoms with Crippen LogP contribution in [0.4, 0.5) is 0 Å². The van der Waals surface area contributed by atoms with Crippen LogP contribution in [0.15, 0.2) is 48.5 Å². The van der Waals surface area contributed by atoms with E-state index >= 15 is 0 Å². The van der Waals surface area contributed by atoms with E-state index in [0.717, 1.165) is 11.1 Å². The summed E-state index contributed by atoms with van der Waals surface area (Å²) in [5.74, 6) is -1.65. The zero-order valence-electron chi connectivity index (χ0n) is 12.1. The van der Waals surface area contributed by atoms with E-state index in [0.29, 0.717) is 0 Å². The summed E-state index contributed by atoms with van der Waals surface area (Å²) in [7, 11) is 0. The molecule has 2 aromatic rings. The van der Waals surface area contributed by atoms with Crippen LogP contribution >= 0.6 is 0 Å². The molecule has 0 bridgehead atoms. The van der Waals surface area contributed by atoms with Crippen molar-refractivity contribution in [2.24, 2.45) is 0 Å². The molecule has 2 aromatic carbocycles. The summed E-state index contributed by atoms with van der Waals surface area (Å²) >= 11 is -2.49. The molecule has 0 aliphatic heterocycles. The maximum atomic E-state index is 11.7. The lowest BCUT2D eigenvalue weighted by atomic mass is 10.2. The smallest absolute Gasteiger partial charge is 0.330 e. The predicted octanol–water partition coefficient (Wildman–Crippen LogP) is 2.90. The van der Waals surface area contributed by atoms with Crippen molar-refractivity contribution in [2.45, 2.75) is 13.8 Å². The van der Waals surface area contributed by atoms with Gasteiger partial charge in [-0.25, -0.2) is 9.59 Å². The van der Waals surface area contributed by atoms with Crippen LogP contribution in [0.1, 0.15) is 31.8 Å². The average molecular weight is 318 g/mol. The first-order valence-electron chi connectivity index (χ1n) is 6.46. The van der Waals surface area contributed by atoms with E-state index in [2.05, 4.69) is 8.37 Å². The number of aryl methyl sites for hydroxylation is 2. The van der Waals surface area contributed by atoms with Crippen LogP contribution in [0, 0.1) is 13.8 Å². The maximum Gasteiger partial charge on any atom is 0.423 e. The van der Waals surface area contributed by atoms with Crippen LogP contribution in [0.2, 0.25) is 0 Å². The van der Waals surface area contributed by atoms with Crippen molar-refractivity contribution in [1.82, 2.24) is 0 Å². The lowest BCUT2D eigenvalue weighted by molar-refractivity contribution is 0.0676. The summed E-state index contributed by atoms with van der Waals surface area (Å²) in [5, 5.41) is 0. The Balaban J connectivity index is 1.95. The average Bonchev–Trinajstić information content (AvgIpc) is 2.48. The SMILES string of the molecule is Cc1ccc(C(=O)OS(=O)OC(=O)c2ccc(C)cc2)cc1. The number of carbonyl (C=O) groups excluding carboxylic acids is 2. The molecule has 6 heteroatoms. The molecule has 0 atom stereocenters. The number of hydrogen-bond donors (Lipinski definition) is 0. The molecule has 2 rings (SSSR count). The van der Waals surface area contributed by atoms with Gasteiger partial charge in [0.1, 0.15) is 0 Å². The van der Waals surface area contributed by atoms with E-state index in [4.69, 9.17) is 0 Å². The zero-order valence-corrected chi connectivity index (χ0v) is 12.9. The van der Waals surface area contributed by atoms with Gasteiger partial charge in [-0.3, -0.25) is 0 Å². The Kier molecular flexibility index (Phi) is 5.06. The lowest BCUT2D eigenvalue weighted by Crippen LogP contribution is -2.14. The zero-order chi connectivity index (χ0) is 16.1. The van der Waals surface area contributed by atoms with Gasteiger partial charge in [0.15, 0.2) is 0 Å². The molecule has 22 heavy (non-hydrogen) atoms. The monoisotopic (exact) mass is 318 g/mol. The van der Waals surface area contributed by atoms with E-state index in [1.165, 1.54) is 24.3 Å². The number of hydrogen-bond acceptors (Lipinski definition) is 5. The van der Waals surface area contributed by atoms with Crippen molar-refractivity contribution in [2.75, 3.05) is 0 Å². The van der Waals surface area contributed by atoms with Gasteiger partial charge in [-0.2, -0.15) is 4.21 Å². The van der Waals surface area contributed by atoms with Crippen molar-refractivity contribution >= 4 is 23.3 Å². The van der Waals surface area contributed by atoms with E-state index in [9.17, 15) is 13.8 Å². The van der Waals surface area contributed by atoms with E-state index in [1.54, 1.807) is 24.3 Å². The van der Waals surface area contributed by atoms with Crippen molar-refractivity contribution < 1.29 is 22.2 Å². The summed E-state index contributed by atoms with van der Waals surface area (Å²) in [5.41, 5.74) is 2.41. The van der Waals surface area contributed by atoms with E-state index in [1.807, 2.05) is 13.8 Å². The summed E-state index contributed by atoms with van der Waals surface area (Å²) in [6.07, 6.45) is 0. The number of carbonyl (C=O) groups is 2. The van der Waals surface area contributed by atoms with Gasteiger partial charge in [0.2, 0.25) is 0 Å². The van der Waals surface area contributed by atoms with Gasteiger partial charge in [0.25, 0.3) is 0 Å². The Hall–Kier alpha value is -2.47. The van der Waals surface area contributed by atoms with Crippen LogP contribution in [0.5, 0.6) is 0 Å². The van der Waals surface area contributed by atoms with Gasteiger partial charge >= 0.3 is 23.3 Å². The Labute approximate surface area is 130 Å². The maximum absolute atomic E-state index is 11.7. The first kappa shape index (κ1) is 15.9. The molecule has 0 saturated heterocycles. The quantitative estimate of drug-likeness (QED) is 0.867. The van der Waals surface area contributed by atoms with E-state index < -0.39 is 23.3 Å². The van der Waals surface area contributed by atoms with Gasteiger partial charge in [-0.15, -0.1) is 0 Å². The predicted molar refractivity (Wildman–Crippen MR) is 81.3 cm³/mol. The molecule has 0 saturated carbocycles. The molecule has 0 N–H and O–H groups in total. The molecule has 0 radical (unpaired) electrons. The lowest BCUT2D eigenvalue weighted by Gasteiger charge is -2.04. The van der Waals surface area contributed by atoms with Crippen LogP contribution in [-0.4, -0.2) is 16.1 Å². The minimum Gasteiger partial charge on any atom is -0.330 e. The minimum atomic E-state index is -2.49. The fraction of sp³-hybridized carbons (Fsp3) is 0.125. The molecule has 0 fully saturated rings. The molecular formula is C16H14O5S. The third-order valence-electron chi connectivity index (χ3n) is 2.86. The first-order chi connectivity index (χ1) is 10.5. The molecule has 0 aliphatic rings. The highest BCUT2D eigenvalue weighted by Gasteiger charge is 2.17. The van der Waals surface area contributed by atoms with Crippen LogP contribution < -0.4 is 0 Å². The van der Waals surface area contributed by atoms with Gasteiger partial charge in [-0.1, -0.05) is 35.4 Å². The highest BCUT2D eigenvalue weighted by Crippen LogP contribution is 2.09. The summed E-state index contributed by atoms with van der Waals surface area (Å²) in [6.45, 7) is 3.74. The molecular weight excluding hydrogens is 304 g/mol. The van der Waals surface area contributed by atoms with Crippen LogP contribution in [0.3, 0.4) is 0 Å². The second kappa shape index (κ2) is 7.00. The van der Waals surface area contributed by atoms with Crippen LogP contribution in [0.25, 0.3) is 0 Å². The summed E-state index contributed by atoms with van der Waals surface area (Å²) in [4.78, 5) is 23.4. The Morgan fingerprint density at radius 3 is 1.36 bits per heavy atom. The molecule has 0 amide bonds. The molecule has 0 spiro atoms. The highest BCUT2D eigenvalue weighted by molar-refractivity contribution is 7.76. The second-order valence-corrected chi connectivity index (χ2v) is 5.42. The molecule has 0 aromatic heterocycles. The summed E-state index contributed by atoms with van der Waals surface area (Å²) < 4.78 is 20.7. The minimum absolute atomic E-state index is 0.227. The second-order valence-electron chi connectivity index (χ2n) is 4.68. The fourth-order valence-corrected chi connectivity index (χ4v) is 2.09. The normalized spacial score (nSPS) is 10.3. The third kappa shape index (κ3) is 4.26. The molecule has 5 nitrogen and oxygen atoms in total. The van der Waals surface area contributed by atoms with Crippen molar-refractivity contribution in [3.8, 4) is 0 Å². The largest absolute Gasteiger partial charge is 0.423 e. The standard InChI is InChI=1S/C16H14O5S/c1-11-3-7-13(8-4-11)15(17)20-22(19)21-16(18)14-9-5-12(2)6-10-14/h3-10H,1-2H3. The fourth-order valence-electron chi connectivity index (χ4n) is 1.62. The molecule has 0 aliphatic carbocycles. The molecule has 0 unspecified atom stereocenters.